The highest BCUT2D eigenvalue weighted by Gasteiger charge is 2.33. The Morgan fingerprint density at radius 1 is 1.30 bits per heavy atom. The first kappa shape index (κ1) is 15.3. The summed E-state index contributed by atoms with van der Waals surface area (Å²) in [7, 11) is 0. The fourth-order valence-electron chi connectivity index (χ4n) is 3.10. The van der Waals surface area contributed by atoms with Crippen LogP contribution in [-0.4, -0.2) is 21.2 Å². The highest BCUT2D eigenvalue weighted by Crippen LogP contribution is 2.27. The van der Waals surface area contributed by atoms with Crippen LogP contribution >= 0.6 is 0 Å². The molecule has 0 aliphatic heterocycles. The van der Waals surface area contributed by atoms with E-state index in [9.17, 15) is 10.1 Å². The zero-order chi connectivity index (χ0) is 16.1. The Kier molecular flexibility index (Phi) is 4.42. The van der Waals surface area contributed by atoms with Crippen molar-refractivity contribution in [3.63, 3.8) is 0 Å². The normalized spacial score (nSPS) is 16.5. The molecule has 5 nitrogen and oxygen atoms in total. The molecule has 1 aliphatic rings. The van der Waals surface area contributed by atoms with Crippen LogP contribution in [0.4, 0.5) is 0 Å². The molecule has 118 valence electrons. The van der Waals surface area contributed by atoms with Crippen molar-refractivity contribution in [2.45, 2.75) is 44.2 Å². The Balaban J connectivity index is 1.73. The second-order valence-corrected chi connectivity index (χ2v) is 6.11. The molecule has 1 aromatic carbocycles. The molecule has 0 atom stereocenters. The average molecular weight is 308 g/mol. The summed E-state index contributed by atoms with van der Waals surface area (Å²) < 4.78 is 1.81. The van der Waals surface area contributed by atoms with Crippen LogP contribution in [0.5, 0.6) is 0 Å². The fourth-order valence-corrected chi connectivity index (χ4v) is 3.10. The number of carbonyl (C=O) groups excluding carboxylic acids is 1. The SMILES string of the molecule is N#CC1(NC(=O)c2cccc(Cn3cccn3)c2)CCCCC1. The number of nitrogens with zero attached hydrogens (tertiary/aromatic N) is 3. The number of nitrogens with one attached hydrogen (secondary N) is 1. The second kappa shape index (κ2) is 6.66. The van der Waals surface area contributed by atoms with Crippen molar-refractivity contribution in [1.82, 2.24) is 15.1 Å². The molecule has 0 spiro atoms. The molecule has 1 heterocycles. The molecule has 0 radical (unpaired) electrons. The summed E-state index contributed by atoms with van der Waals surface area (Å²) in [4.78, 5) is 12.5. The minimum absolute atomic E-state index is 0.171. The number of aromatic nitrogens is 2. The lowest BCUT2D eigenvalue weighted by molar-refractivity contribution is 0.0902. The summed E-state index contributed by atoms with van der Waals surface area (Å²) in [6.07, 6.45) is 8.22. The van der Waals surface area contributed by atoms with Gasteiger partial charge in [0.2, 0.25) is 0 Å². The third-order valence-corrected chi connectivity index (χ3v) is 4.37. The van der Waals surface area contributed by atoms with Gasteiger partial charge in [0.25, 0.3) is 5.91 Å². The van der Waals surface area contributed by atoms with Gasteiger partial charge in [-0.15, -0.1) is 0 Å². The first-order chi connectivity index (χ1) is 11.2. The van der Waals surface area contributed by atoms with Gasteiger partial charge in [0, 0.05) is 18.0 Å². The number of hydrogen-bond acceptors (Lipinski definition) is 3. The zero-order valence-corrected chi connectivity index (χ0v) is 13.0. The Morgan fingerprint density at radius 3 is 2.83 bits per heavy atom. The molecule has 0 bridgehead atoms. The van der Waals surface area contributed by atoms with Crippen molar-refractivity contribution < 1.29 is 4.79 Å². The highest BCUT2D eigenvalue weighted by atomic mass is 16.1. The lowest BCUT2D eigenvalue weighted by Gasteiger charge is -2.31. The van der Waals surface area contributed by atoms with Gasteiger partial charge in [-0.1, -0.05) is 31.4 Å². The molecule has 5 heteroatoms. The van der Waals surface area contributed by atoms with Crippen LogP contribution < -0.4 is 5.32 Å². The van der Waals surface area contributed by atoms with E-state index in [0.29, 0.717) is 12.1 Å². The molecule has 0 unspecified atom stereocenters. The average Bonchev–Trinajstić information content (AvgIpc) is 3.09. The summed E-state index contributed by atoms with van der Waals surface area (Å²) in [6.45, 7) is 0.623. The quantitative estimate of drug-likeness (QED) is 0.944. The summed E-state index contributed by atoms with van der Waals surface area (Å²) in [5.74, 6) is -0.171. The number of carbonyl (C=O) groups is 1. The molecule has 1 amide bonds. The van der Waals surface area contributed by atoms with Crippen LogP contribution in [0.1, 0.15) is 48.0 Å². The summed E-state index contributed by atoms with van der Waals surface area (Å²) >= 11 is 0. The molecular formula is C18H20N4O. The third-order valence-electron chi connectivity index (χ3n) is 4.37. The molecule has 1 fully saturated rings. The molecule has 1 N–H and O–H groups in total. The largest absolute Gasteiger partial charge is 0.334 e. The molecule has 1 aromatic heterocycles. The van der Waals surface area contributed by atoms with E-state index in [0.717, 1.165) is 37.7 Å². The van der Waals surface area contributed by atoms with Gasteiger partial charge in [0.15, 0.2) is 0 Å². The van der Waals surface area contributed by atoms with Crippen molar-refractivity contribution in [2.24, 2.45) is 0 Å². The predicted octanol–water partition coefficient (Wildman–Crippen LogP) is 2.89. The maximum atomic E-state index is 12.5. The van der Waals surface area contributed by atoms with Crippen LogP contribution in [0, 0.1) is 11.3 Å². The minimum Gasteiger partial charge on any atom is -0.334 e. The van der Waals surface area contributed by atoms with Crippen LogP contribution in [0.25, 0.3) is 0 Å². The molecule has 2 aromatic rings. The van der Waals surface area contributed by atoms with E-state index in [1.807, 2.05) is 35.1 Å². The van der Waals surface area contributed by atoms with Gasteiger partial charge < -0.3 is 5.32 Å². The van der Waals surface area contributed by atoms with Crippen molar-refractivity contribution >= 4 is 5.91 Å². The van der Waals surface area contributed by atoms with Crippen LogP contribution in [-0.2, 0) is 6.54 Å². The van der Waals surface area contributed by atoms with Crippen molar-refractivity contribution in [1.29, 1.82) is 5.26 Å². The standard InChI is InChI=1S/C18H20N4O/c19-14-18(8-2-1-3-9-18)21-17(23)16-7-4-6-15(12-16)13-22-11-5-10-20-22/h4-7,10-12H,1-3,8-9,13H2,(H,21,23). The lowest BCUT2D eigenvalue weighted by atomic mass is 9.82. The van der Waals surface area contributed by atoms with Gasteiger partial charge in [0.1, 0.15) is 5.54 Å². The van der Waals surface area contributed by atoms with E-state index < -0.39 is 5.54 Å². The number of nitriles is 1. The molecular weight excluding hydrogens is 288 g/mol. The van der Waals surface area contributed by atoms with E-state index in [4.69, 9.17) is 0 Å². The molecule has 3 rings (SSSR count). The van der Waals surface area contributed by atoms with E-state index in [2.05, 4.69) is 16.5 Å². The number of hydrogen-bond donors (Lipinski definition) is 1. The van der Waals surface area contributed by atoms with Crippen LogP contribution in [0.15, 0.2) is 42.7 Å². The van der Waals surface area contributed by atoms with E-state index in [1.165, 1.54) is 0 Å². The summed E-state index contributed by atoms with van der Waals surface area (Å²) in [5, 5.41) is 16.6. The van der Waals surface area contributed by atoms with Crippen LogP contribution in [0.3, 0.4) is 0 Å². The Hall–Kier alpha value is -2.61. The van der Waals surface area contributed by atoms with Gasteiger partial charge in [0.05, 0.1) is 12.6 Å². The van der Waals surface area contributed by atoms with Gasteiger partial charge in [-0.25, -0.2) is 0 Å². The number of amides is 1. The smallest absolute Gasteiger partial charge is 0.252 e. The van der Waals surface area contributed by atoms with Gasteiger partial charge >= 0.3 is 0 Å². The molecule has 23 heavy (non-hydrogen) atoms. The Morgan fingerprint density at radius 2 is 2.13 bits per heavy atom. The Bertz CT molecular complexity index is 709. The van der Waals surface area contributed by atoms with E-state index in [-0.39, 0.29) is 5.91 Å². The van der Waals surface area contributed by atoms with Gasteiger partial charge in [-0.05, 0) is 36.6 Å². The van der Waals surface area contributed by atoms with Gasteiger partial charge in [-0.2, -0.15) is 10.4 Å². The first-order valence-corrected chi connectivity index (χ1v) is 8.01. The fraction of sp³-hybridized carbons (Fsp3) is 0.389. The van der Waals surface area contributed by atoms with E-state index >= 15 is 0 Å². The molecule has 1 aliphatic carbocycles. The maximum absolute atomic E-state index is 12.5. The highest BCUT2D eigenvalue weighted by molar-refractivity contribution is 5.95. The lowest BCUT2D eigenvalue weighted by Crippen LogP contribution is -2.48. The zero-order valence-electron chi connectivity index (χ0n) is 13.0. The van der Waals surface area contributed by atoms with Gasteiger partial charge in [-0.3, -0.25) is 9.48 Å². The molecule has 1 saturated carbocycles. The molecule has 0 saturated heterocycles. The monoisotopic (exact) mass is 308 g/mol. The minimum atomic E-state index is -0.701. The van der Waals surface area contributed by atoms with E-state index in [1.54, 1.807) is 12.3 Å². The van der Waals surface area contributed by atoms with Crippen molar-refractivity contribution in [3.05, 3.63) is 53.9 Å². The third kappa shape index (κ3) is 3.59. The second-order valence-electron chi connectivity index (χ2n) is 6.11. The number of benzene rings is 1. The first-order valence-electron chi connectivity index (χ1n) is 8.01. The maximum Gasteiger partial charge on any atom is 0.252 e. The predicted molar refractivity (Wildman–Crippen MR) is 86.7 cm³/mol. The number of rotatable bonds is 4. The van der Waals surface area contributed by atoms with Crippen LogP contribution in [0.2, 0.25) is 0 Å². The summed E-state index contributed by atoms with van der Waals surface area (Å²) in [5.41, 5.74) is 0.902. The van der Waals surface area contributed by atoms with Crippen molar-refractivity contribution in [2.75, 3.05) is 0 Å². The Labute approximate surface area is 135 Å². The topological polar surface area (TPSA) is 70.7 Å². The van der Waals surface area contributed by atoms with Crippen molar-refractivity contribution in [3.8, 4) is 6.07 Å². The summed E-state index contributed by atoms with van der Waals surface area (Å²) in [6, 6.07) is 11.7.